The molecular formula is C13H12ClNOS. The molecular weight excluding hydrogens is 254 g/mol. The van der Waals surface area contributed by atoms with E-state index < -0.39 is 0 Å². The topological polar surface area (TPSA) is 30.0 Å². The van der Waals surface area contributed by atoms with Crippen molar-refractivity contribution in [2.45, 2.75) is 19.8 Å². The average molecular weight is 266 g/mol. The van der Waals surface area contributed by atoms with Crippen molar-refractivity contribution >= 4 is 28.7 Å². The molecule has 0 saturated carbocycles. The van der Waals surface area contributed by atoms with Gasteiger partial charge in [-0.05, 0) is 24.6 Å². The van der Waals surface area contributed by atoms with Gasteiger partial charge in [0.05, 0.1) is 5.01 Å². The highest BCUT2D eigenvalue weighted by Crippen LogP contribution is 2.19. The molecule has 2 nitrogen and oxygen atoms in total. The third-order valence-corrected chi connectivity index (χ3v) is 3.50. The van der Waals surface area contributed by atoms with Gasteiger partial charge < -0.3 is 0 Å². The number of ketones is 1. The third kappa shape index (κ3) is 3.65. The van der Waals surface area contributed by atoms with Crippen LogP contribution >= 0.6 is 22.9 Å². The van der Waals surface area contributed by atoms with E-state index >= 15 is 0 Å². The first-order valence-corrected chi connectivity index (χ1v) is 6.50. The zero-order chi connectivity index (χ0) is 12.3. The Morgan fingerprint density at radius 3 is 3.00 bits per heavy atom. The fourth-order valence-corrected chi connectivity index (χ4v) is 2.82. The summed E-state index contributed by atoms with van der Waals surface area (Å²) in [4.78, 5) is 16.3. The molecule has 0 N–H and O–H groups in total. The van der Waals surface area contributed by atoms with Gasteiger partial charge in [-0.1, -0.05) is 23.7 Å². The molecule has 0 atom stereocenters. The molecule has 0 saturated heterocycles. The van der Waals surface area contributed by atoms with Crippen molar-refractivity contribution in [1.29, 1.82) is 0 Å². The van der Waals surface area contributed by atoms with Gasteiger partial charge in [0, 0.05) is 28.9 Å². The molecule has 0 unspecified atom stereocenters. The summed E-state index contributed by atoms with van der Waals surface area (Å²) in [5.41, 5.74) is 1.14. The molecule has 0 aliphatic rings. The van der Waals surface area contributed by atoms with Gasteiger partial charge in [-0.15, -0.1) is 11.3 Å². The number of carbonyl (C=O) groups excluding carboxylic acids is 1. The van der Waals surface area contributed by atoms with Gasteiger partial charge in [0.1, 0.15) is 5.78 Å². The van der Waals surface area contributed by atoms with E-state index in [0.29, 0.717) is 6.42 Å². The zero-order valence-electron chi connectivity index (χ0n) is 9.44. The predicted octanol–water partition coefficient (Wildman–Crippen LogP) is 3.52. The van der Waals surface area contributed by atoms with Gasteiger partial charge in [0.2, 0.25) is 0 Å². The molecule has 0 radical (unpaired) electrons. The van der Waals surface area contributed by atoms with Gasteiger partial charge in [0.15, 0.2) is 0 Å². The van der Waals surface area contributed by atoms with Gasteiger partial charge >= 0.3 is 0 Å². The summed E-state index contributed by atoms with van der Waals surface area (Å²) >= 11 is 7.51. The molecule has 88 valence electrons. The van der Waals surface area contributed by atoms with Crippen molar-refractivity contribution in [3.63, 3.8) is 0 Å². The molecule has 0 aliphatic carbocycles. The van der Waals surface area contributed by atoms with Gasteiger partial charge in [-0.3, -0.25) is 4.79 Å². The van der Waals surface area contributed by atoms with Crippen LogP contribution in [0.4, 0.5) is 0 Å². The Morgan fingerprint density at radius 1 is 1.47 bits per heavy atom. The summed E-state index contributed by atoms with van der Waals surface area (Å²) in [6.07, 6.45) is 3.03. The molecule has 1 aromatic carbocycles. The summed E-state index contributed by atoms with van der Waals surface area (Å²) in [7, 11) is 0. The lowest BCUT2D eigenvalue weighted by Crippen LogP contribution is -1.92. The third-order valence-electron chi connectivity index (χ3n) is 2.27. The molecule has 0 aliphatic heterocycles. The number of benzene rings is 1. The highest BCUT2D eigenvalue weighted by molar-refractivity contribution is 7.11. The Bertz CT molecular complexity index is 536. The Morgan fingerprint density at radius 2 is 2.29 bits per heavy atom. The Labute approximate surface area is 109 Å². The van der Waals surface area contributed by atoms with E-state index in [1.165, 1.54) is 0 Å². The second-order valence-electron chi connectivity index (χ2n) is 3.91. The summed E-state index contributed by atoms with van der Waals surface area (Å²) < 4.78 is 0. The van der Waals surface area contributed by atoms with E-state index in [1.807, 2.05) is 24.3 Å². The molecule has 0 spiro atoms. The Hall–Kier alpha value is -1.19. The Kier molecular flexibility index (Phi) is 3.92. The summed E-state index contributed by atoms with van der Waals surface area (Å²) in [5.74, 6) is 0.169. The SMILES string of the molecule is CC(=O)Cc1cnc(Cc2cccc(Cl)c2)s1. The molecule has 0 bridgehead atoms. The van der Waals surface area contributed by atoms with Gasteiger partial charge in [-0.2, -0.15) is 0 Å². The number of thiazole rings is 1. The van der Waals surface area contributed by atoms with Crippen LogP contribution in [-0.2, 0) is 17.6 Å². The van der Waals surface area contributed by atoms with E-state index in [9.17, 15) is 4.79 Å². The highest BCUT2D eigenvalue weighted by Gasteiger charge is 2.05. The molecule has 2 aromatic rings. The maximum atomic E-state index is 11.0. The minimum Gasteiger partial charge on any atom is -0.300 e. The molecule has 0 fully saturated rings. The van der Waals surface area contributed by atoms with Crippen molar-refractivity contribution in [2.24, 2.45) is 0 Å². The smallest absolute Gasteiger partial charge is 0.135 e. The van der Waals surface area contributed by atoms with Crippen LogP contribution in [0.15, 0.2) is 30.5 Å². The number of hydrogen-bond acceptors (Lipinski definition) is 3. The lowest BCUT2D eigenvalue weighted by atomic mass is 10.2. The second-order valence-corrected chi connectivity index (χ2v) is 5.54. The van der Waals surface area contributed by atoms with Crippen molar-refractivity contribution in [3.8, 4) is 0 Å². The van der Waals surface area contributed by atoms with Crippen molar-refractivity contribution < 1.29 is 4.79 Å². The van der Waals surface area contributed by atoms with Crippen LogP contribution in [0.25, 0.3) is 0 Å². The van der Waals surface area contributed by atoms with Gasteiger partial charge in [0.25, 0.3) is 0 Å². The first-order valence-electron chi connectivity index (χ1n) is 5.31. The standard InChI is InChI=1S/C13H12ClNOS/c1-9(16)5-12-8-15-13(17-12)7-10-3-2-4-11(14)6-10/h2-4,6,8H,5,7H2,1H3. The van der Waals surface area contributed by atoms with E-state index in [2.05, 4.69) is 4.98 Å². The average Bonchev–Trinajstić information content (AvgIpc) is 2.64. The maximum absolute atomic E-state index is 11.0. The van der Waals surface area contributed by atoms with Crippen LogP contribution in [0.3, 0.4) is 0 Å². The van der Waals surface area contributed by atoms with Crippen LogP contribution in [0.1, 0.15) is 22.4 Å². The first kappa shape index (κ1) is 12.3. The zero-order valence-corrected chi connectivity index (χ0v) is 11.0. The highest BCUT2D eigenvalue weighted by atomic mass is 35.5. The number of nitrogens with zero attached hydrogens (tertiary/aromatic N) is 1. The molecule has 0 amide bonds. The van der Waals surface area contributed by atoms with E-state index in [1.54, 1.807) is 24.5 Å². The Balaban J connectivity index is 2.08. The largest absolute Gasteiger partial charge is 0.300 e. The van der Waals surface area contributed by atoms with Crippen LogP contribution in [0, 0.1) is 0 Å². The molecule has 1 heterocycles. The van der Waals surface area contributed by atoms with Crippen LogP contribution in [0.2, 0.25) is 5.02 Å². The summed E-state index contributed by atoms with van der Waals surface area (Å²) in [6, 6.07) is 7.75. The van der Waals surface area contributed by atoms with Crippen molar-refractivity contribution in [3.05, 3.63) is 50.9 Å². The number of halogens is 1. The summed E-state index contributed by atoms with van der Waals surface area (Å²) in [5, 5.41) is 1.76. The van der Waals surface area contributed by atoms with Crippen LogP contribution < -0.4 is 0 Å². The number of aromatic nitrogens is 1. The number of Topliss-reactive ketones (excluding diaryl/α,β-unsaturated/α-hetero) is 1. The first-order chi connectivity index (χ1) is 8.13. The van der Waals surface area contributed by atoms with E-state index in [-0.39, 0.29) is 5.78 Å². The van der Waals surface area contributed by atoms with E-state index in [4.69, 9.17) is 11.6 Å². The molecule has 17 heavy (non-hydrogen) atoms. The van der Waals surface area contributed by atoms with Gasteiger partial charge in [-0.25, -0.2) is 4.98 Å². The minimum atomic E-state index is 0.169. The quantitative estimate of drug-likeness (QED) is 0.847. The number of rotatable bonds is 4. The van der Waals surface area contributed by atoms with Crippen LogP contribution in [-0.4, -0.2) is 10.8 Å². The second kappa shape index (κ2) is 5.43. The van der Waals surface area contributed by atoms with Crippen molar-refractivity contribution in [1.82, 2.24) is 4.98 Å². The lowest BCUT2D eigenvalue weighted by Gasteiger charge is -1.98. The summed E-state index contributed by atoms with van der Waals surface area (Å²) in [6.45, 7) is 1.59. The van der Waals surface area contributed by atoms with E-state index in [0.717, 1.165) is 26.9 Å². The fourth-order valence-electron chi connectivity index (χ4n) is 1.58. The van der Waals surface area contributed by atoms with Crippen molar-refractivity contribution in [2.75, 3.05) is 0 Å². The molecule has 2 rings (SSSR count). The van der Waals surface area contributed by atoms with Crippen LogP contribution in [0.5, 0.6) is 0 Å². The minimum absolute atomic E-state index is 0.169. The lowest BCUT2D eigenvalue weighted by molar-refractivity contribution is -0.116. The fraction of sp³-hybridized carbons (Fsp3) is 0.231. The normalized spacial score (nSPS) is 10.5. The monoisotopic (exact) mass is 265 g/mol. The molecule has 1 aromatic heterocycles. The maximum Gasteiger partial charge on any atom is 0.135 e. The molecule has 4 heteroatoms. The predicted molar refractivity (Wildman–Crippen MR) is 70.8 cm³/mol. The number of hydrogen-bond donors (Lipinski definition) is 0. The number of carbonyl (C=O) groups is 1.